The number of hydrogen-bond donors (Lipinski definition) is 1. The van der Waals surface area contributed by atoms with Gasteiger partial charge in [-0.05, 0) is 24.3 Å². The molecule has 0 radical (unpaired) electrons. The van der Waals surface area contributed by atoms with Gasteiger partial charge in [0.05, 0.1) is 18.4 Å². The smallest absolute Gasteiger partial charge is 0.275 e. The van der Waals surface area contributed by atoms with Crippen molar-refractivity contribution >= 4 is 27.9 Å². The second-order valence-electron chi connectivity index (χ2n) is 7.35. The molecule has 0 atom stereocenters. The average molecular weight is 451 g/mol. The highest BCUT2D eigenvalue weighted by Crippen LogP contribution is 2.23. The number of methoxy groups -OCH3 is 1. The van der Waals surface area contributed by atoms with Crippen LogP contribution in [0, 0.1) is 0 Å². The first-order chi connectivity index (χ1) is 15.4. The molecule has 1 N–H and O–H groups in total. The summed E-state index contributed by atoms with van der Waals surface area (Å²) in [6.45, 7) is 4.16. The topological polar surface area (TPSA) is 94.8 Å². The van der Waals surface area contributed by atoms with E-state index < -0.39 is 0 Å². The van der Waals surface area contributed by atoms with Gasteiger partial charge in [0.25, 0.3) is 11.5 Å². The van der Waals surface area contributed by atoms with E-state index in [1.165, 1.54) is 29.0 Å². The van der Waals surface area contributed by atoms with Crippen LogP contribution in [0.2, 0.25) is 0 Å². The fraction of sp³-hybridized carbons (Fsp3) is 0.217. The number of carbonyl (C=O) groups excluding carboxylic acids is 1. The van der Waals surface area contributed by atoms with Crippen LogP contribution in [-0.4, -0.2) is 27.6 Å². The number of rotatable bonds is 7. The molecule has 4 rings (SSSR count). The van der Waals surface area contributed by atoms with E-state index in [1.54, 1.807) is 48.5 Å². The first-order valence-electron chi connectivity index (χ1n) is 10.0. The summed E-state index contributed by atoms with van der Waals surface area (Å²) in [6, 6.07) is 15.4. The summed E-state index contributed by atoms with van der Waals surface area (Å²) in [5.41, 5.74) is 1.28. The lowest BCUT2D eigenvalue weighted by Gasteiger charge is -2.11. The summed E-state index contributed by atoms with van der Waals surface area (Å²) in [6.07, 6.45) is 0. The van der Waals surface area contributed by atoms with Crippen LogP contribution in [0.25, 0.3) is 4.96 Å². The van der Waals surface area contributed by atoms with Gasteiger partial charge < -0.3 is 14.8 Å². The number of nitrogens with zero attached hydrogens (tertiary/aromatic N) is 3. The molecule has 9 heteroatoms. The Morgan fingerprint density at radius 1 is 1.16 bits per heavy atom. The van der Waals surface area contributed by atoms with Crippen LogP contribution in [-0.2, 0) is 6.61 Å². The quantitative estimate of drug-likeness (QED) is 0.455. The van der Waals surface area contributed by atoms with E-state index in [9.17, 15) is 9.59 Å². The minimum atomic E-state index is -0.286. The van der Waals surface area contributed by atoms with E-state index in [0.29, 0.717) is 33.4 Å². The Labute approximate surface area is 188 Å². The van der Waals surface area contributed by atoms with Crippen molar-refractivity contribution in [3.05, 3.63) is 81.2 Å². The van der Waals surface area contributed by atoms with Crippen LogP contribution in [0.15, 0.2) is 59.4 Å². The fourth-order valence-corrected chi connectivity index (χ4v) is 3.96. The van der Waals surface area contributed by atoms with Crippen LogP contribution in [0.4, 0.5) is 5.69 Å². The first-order valence-corrected chi connectivity index (χ1v) is 10.8. The number of amides is 1. The van der Waals surface area contributed by atoms with E-state index in [-0.39, 0.29) is 24.0 Å². The van der Waals surface area contributed by atoms with Crippen molar-refractivity contribution in [1.82, 2.24) is 14.6 Å². The van der Waals surface area contributed by atoms with Crippen molar-refractivity contribution in [2.75, 3.05) is 12.4 Å². The minimum absolute atomic E-state index is 0.116. The van der Waals surface area contributed by atoms with Gasteiger partial charge >= 0.3 is 0 Å². The second kappa shape index (κ2) is 9.19. The summed E-state index contributed by atoms with van der Waals surface area (Å²) in [7, 11) is 1.52. The molecule has 164 valence electrons. The molecular weight excluding hydrogens is 428 g/mol. The van der Waals surface area contributed by atoms with E-state index in [2.05, 4.69) is 15.4 Å². The number of carbonyl (C=O) groups is 1. The van der Waals surface area contributed by atoms with Crippen LogP contribution in [0.3, 0.4) is 0 Å². The van der Waals surface area contributed by atoms with Crippen molar-refractivity contribution in [2.45, 2.75) is 26.4 Å². The molecule has 0 aliphatic rings. The number of hydrogen-bond acceptors (Lipinski definition) is 7. The number of aromatic nitrogens is 3. The Kier molecular flexibility index (Phi) is 6.18. The minimum Gasteiger partial charge on any atom is -0.496 e. The molecular formula is C23H22N4O4S. The van der Waals surface area contributed by atoms with Crippen molar-refractivity contribution in [2.24, 2.45) is 0 Å². The SMILES string of the molecule is COc1ccccc1C(=O)Nc1cccc(OCc2cc(=O)n3nc(C(C)C)sc3n2)c1. The normalized spacial score (nSPS) is 11.0. The van der Waals surface area contributed by atoms with Gasteiger partial charge in [-0.1, -0.05) is 43.4 Å². The van der Waals surface area contributed by atoms with Gasteiger partial charge in [0, 0.05) is 23.7 Å². The predicted octanol–water partition coefficient (Wildman–Crippen LogP) is 4.11. The third-order valence-corrected chi connectivity index (χ3v) is 5.85. The Balaban J connectivity index is 1.47. The first kappa shape index (κ1) is 21.5. The number of para-hydroxylation sites is 1. The van der Waals surface area contributed by atoms with Gasteiger partial charge in [0.2, 0.25) is 4.96 Å². The van der Waals surface area contributed by atoms with Gasteiger partial charge in [-0.2, -0.15) is 9.61 Å². The summed E-state index contributed by atoms with van der Waals surface area (Å²) in [5, 5.41) is 8.01. The summed E-state index contributed by atoms with van der Waals surface area (Å²) in [5.74, 6) is 0.964. The Morgan fingerprint density at radius 2 is 1.97 bits per heavy atom. The maximum atomic E-state index is 12.6. The number of fused-ring (bicyclic) bond motifs is 1. The molecule has 2 aromatic carbocycles. The standard InChI is InChI=1S/C23H22N4O4S/c1-14(2)22-26-27-20(28)12-16(25-23(27)32-22)13-31-17-8-6-7-15(11-17)24-21(29)18-9-4-5-10-19(18)30-3/h4-12,14H,13H2,1-3H3,(H,24,29). The van der Waals surface area contributed by atoms with Crippen molar-refractivity contribution in [1.29, 1.82) is 0 Å². The lowest BCUT2D eigenvalue weighted by molar-refractivity contribution is 0.102. The molecule has 1 amide bonds. The van der Waals surface area contributed by atoms with Gasteiger partial charge in [-0.25, -0.2) is 4.98 Å². The highest BCUT2D eigenvalue weighted by Gasteiger charge is 2.13. The third kappa shape index (κ3) is 4.62. The van der Waals surface area contributed by atoms with Crippen LogP contribution >= 0.6 is 11.3 Å². The van der Waals surface area contributed by atoms with E-state index in [0.717, 1.165) is 5.01 Å². The zero-order valence-corrected chi connectivity index (χ0v) is 18.7. The van der Waals surface area contributed by atoms with Crippen molar-refractivity contribution in [3.8, 4) is 11.5 Å². The molecule has 2 aromatic heterocycles. The second-order valence-corrected chi connectivity index (χ2v) is 8.33. The number of ether oxygens (including phenoxy) is 2. The fourth-order valence-electron chi connectivity index (χ4n) is 3.03. The average Bonchev–Trinajstić information content (AvgIpc) is 3.23. The number of anilines is 1. The molecule has 0 aliphatic carbocycles. The number of nitrogens with one attached hydrogen (secondary N) is 1. The largest absolute Gasteiger partial charge is 0.496 e. The molecule has 4 aromatic rings. The van der Waals surface area contributed by atoms with Gasteiger partial charge in [-0.15, -0.1) is 0 Å². The van der Waals surface area contributed by atoms with Crippen LogP contribution in [0.5, 0.6) is 11.5 Å². The highest BCUT2D eigenvalue weighted by molar-refractivity contribution is 7.16. The highest BCUT2D eigenvalue weighted by atomic mass is 32.1. The molecule has 2 heterocycles. The monoisotopic (exact) mass is 450 g/mol. The predicted molar refractivity (Wildman–Crippen MR) is 123 cm³/mol. The molecule has 0 saturated carbocycles. The summed E-state index contributed by atoms with van der Waals surface area (Å²) in [4.78, 5) is 30.0. The summed E-state index contributed by atoms with van der Waals surface area (Å²) >= 11 is 1.39. The van der Waals surface area contributed by atoms with Crippen molar-refractivity contribution < 1.29 is 14.3 Å². The zero-order chi connectivity index (χ0) is 22.7. The molecule has 0 fully saturated rings. The molecule has 0 spiro atoms. The maximum absolute atomic E-state index is 12.6. The molecule has 0 aliphatic heterocycles. The Hall–Kier alpha value is -3.72. The molecule has 0 saturated heterocycles. The van der Waals surface area contributed by atoms with Gasteiger partial charge in [-0.3, -0.25) is 9.59 Å². The molecule has 0 unspecified atom stereocenters. The molecule has 0 bridgehead atoms. The van der Waals surface area contributed by atoms with Gasteiger partial charge in [0.1, 0.15) is 23.1 Å². The maximum Gasteiger partial charge on any atom is 0.275 e. The lowest BCUT2D eigenvalue weighted by atomic mass is 10.2. The van der Waals surface area contributed by atoms with Crippen LogP contribution in [0.1, 0.15) is 40.8 Å². The molecule has 8 nitrogen and oxygen atoms in total. The van der Waals surface area contributed by atoms with E-state index in [1.807, 2.05) is 13.8 Å². The third-order valence-electron chi connectivity index (χ3n) is 4.64. The van der Waals surface area contributed by atoms with Crippen LogP contribution < -0.4 is 20.3 Å². The lowest BCUT2D eigenvalue weighted by Crippen LogP contribution is -2.16. The summed E-state index contributed by atoms with van der Waals surface area (Å²) < 4.78 is 12.4. The van der Waals surface area contributed by atoms with Crippen molar-refractivity contribution in [3.63, 3.8) is 0 Å². The Bertz CT molecular complexity index is 1330. The van der Waals surface area contributed by atoms with Gasteiger partial charge in [0.15, 0.2) is 0 Å². The van der Waals surface area contributed by atoms with E-state index in [4.69, 9.17) is 9.47 Å². The Morgan fingerprint density at radius 3 is 2.75 bits per heavy atom. The van der Waals surface area contributed by atoms with E-state index >= 15 is 0 Å². The number of benzene rings is 2. The zero-order valence-electron chi connectivity index (χ0n) is 17.9. The molecule has 32 heavy (non-hydrogen) atoms.